The van der Waals surface area contributed by atoms with Crippen LogP contribution in [0.5, 0.6) is 0 Å². The summed E-state index contributed by atoms with van der Waals surface area (Å²) >= 11 is 0. The van der Waals surface area contributed by atoms with Gasteiger partial charge in [0.2, 0.25) is 0 Å². The molecule has 2 aliphatic rings. The van der Waals surface area contributed by atoms with Crippen LogP contribution in [0.3, 0.4) is 0 Å². The number of hydrogen-bond donors (Lipinski definition) is 1. The first-order chi connectivity index (χ1) is 11.2. The fraction of sp³-hybridized carbons (Fsp3) is 0.526. The molecule has 0 saturated carbocycles. The molecule has 2 fully saturated rings. The van der Waals surface area contributed by atoms with Crippen molar-refractivity contribution in [3.8, 4) is 0 Å². The molecular weight excluding hydrogens is 286 g/mol. The van der Waals surface area contributed by atoms with Gasteiger partial charge in [-0.15, -0.1) is 0 Å². The summed E-state index contributed by atoms with van der Waals surface area (Å²) in [5.41, 5.74) is 1.88. The number of aromatic amines is 1. The summed E-state index contributed by atoms with van der Waals surface area (Å²) in [6.45, 7) is 6.57. The molecule has 1 aromatic carbocycles. The number of aromatic nitrogens is 1. The summed E-state index contributed by atoms with van der Waals surface area (Å²) in [4.78, 5) is 21.3. The highest BCUT2D eigenvalue weighted by Gasteiger charge is 2.32. The van der Waals surface area contributed by atoms with E-state index in [4.69, 9.17) is 0 Å². The Morgan fingerprint density at radius 1 is 1.22 bits per heavy atom. The maximum absolute atomic E-state index is 13.0. The molecule has 0 radical (unpaired) electrons. The molecule has 122 valence electrons. The molecule has 1 aromatic heterocycles. The summed E-state index contributed by atoms with van der Waals surface area (Å²) in [7, 11) is 0. The maximum atomic E-state index is 13.0. The largest absolute Gasteiger partial charge is 0.360 e. The molecule has 3 heterocycles. The van der Waals surface area contributed by atoms with Crippen LogP contribution < -0.4 is 0 Å². The van der Waals surface area contributed by atoms with Crippen LogP contribution in [0.2, 0.25) is 0 Å². The van der Waals surface area contributed by atoms with Crippen molar-refractivity contribution in [2.75, 3.05) is 26.2 Å². The van der Waals surface area contributed by atoms with Gasteiger partial charge in [0.15, 0.2) is 5.78 Å². The number of para-hydroxylation sites is 1. The van der Waals surface area contributed by atoms with E-state index in [0.717, 1.165) is 29.6 Å². The Hall–Kier alpha value is -1.65. The van der Waals surface area contributed by atoms with Crippen molar-refractivity contribution in [3.05, 3.63) is 36.0 Å². The highest BCUT2D eigenvalue weighted by atomic mass is 16.1. The normalized spacial score (nSPS) is 24.5. The first-order valence-corrected chi connectivity index (χ1v) is 8.82. The van der Waals surface area contributed by atoms with E-state index in [1.54, 1.807) is 0 Å². The van der Waals surface area contributed by atoms with E-state index in [0.29, 0.717) is 6.04 Å². The van der Waals surface area contributed by atoms with Crippen molar-refractivity contribution in [1.82, 2.24) is 14.8 Å². The number of rotatable bonds is 3. The van der Waals surface area contributed by atoms with Crippen LogP contribution >= 0.6 is 0 Å². The first-order valence-electron chi connectivity index (χ1n) is 8.82. The molecule has 23 heavy (non-hydrogen) atoms. The predicted octanol–water partition coefficient (Wildman–Crippen LogP) is 2.91. The number of H-pyrrole nitrogens is 1. The third kappa shape index (κ3) is 2.70. The average molecular weight is 311 g/mol. The molecule has 2 aromatic rings. The lowest BCUT2D eigenvalue weighted by atomic mass is 10.0. The van der Waals surface area contributed by atoms with E-state index in [2.05, 4.69) is 21.7 Å². The third-order valence-electron chi connectivity index (χ3n) is 5.62. The van der Waals surface area contributed by atoms with Crippen molar-refractivity contribution in [2.45, 2.75) is 38.3 Å². The highest BCUT2D eigenvalue weighted by Crippen LogP contribution is 2.25. The lowest BCUT2D eigenvalue weighted by Gasteiger charge is -2.29. The van der Waals surface area contributed by atoms with Gasteiger partial charge in [0.05, 0.1) is 6.04 Å². The van der Waals surface area contributed by atoms with E-state index in [1.807, 2.05) is 30.5 Å². The van der Waals surface area contributed by atoms with Gasteiger partial charge in [0.25, 0.3) is 0 Å². The molecule has 2 unspecified atom stereocenters. The molecule has 0 spiro atoms. The molecule has 4 rings (SSSR count). The number of carbonyl (C=O) groups excluding carboxylic acids is 1. The number of nitrogens with zero attached hydrogens (tertiary/aromatic N) is 2. The summed E-state index contributed by atoms with van der Waals surface area (Å²) in [5.74, 6) is 0.244. The van der Waals surface area contributed by atoms with Gasteiger partial charge >= 0.3 is 0 Å². The fourth-order valence-electron chi connectivity index (χ4n) is 4.25. The van der Waals surface area contributed by atoms with E-state index in [1.165, 1.54) is 32.4 Å². The van der Waals surface area contributed by atoms with Gasteiger partial charge in [-0.1, -0.05) is 18.2 Å². The van der Waals surface area contributed by atoms with Gasteiger partial charge in [0.1, 0.15) is 0 Å². The Morgan fingerprint density at radius 2 is 2.04 bits per heavy atom. The zero-order chi connectivity index (χ0) is 15.8. The SMILES string of the molecule is CC(C(=O)c1c[nH]c2ccccc12)N1CCCN2CCCC2C1. The molecule has 0 aliphatic carbocycles. The summed E-state index contributed by atoms with van der Waals surface area (Å²) < 4.78 is 0. The molecule has 1 N–H and O–H groups in total. The minimum Gasteiger partial charge on any atom is -0.360 e. The van der Waals surface area contributed by atoms with Gasteiger partial charge in [-0.05, 0) is 45.3 Å². The second kappa shape index (κ2) is 6.10. The van der Waals surface area contributed by atoms with Crippen LogP contribution in [0, 0.1) is 0 Å². The van der Waals surface area contributed by atoms with Crippen LogP contribution in [0.1, 0.15) is 36.5 Å². The minimum absolute atomic E-state index is 0.0465. The van der Waals surface area contributed by atoms with Crippen molar-refractivity contribution < 1.29 is 4.79 Å². The Bertz CT molecular complexity index is 707. The van der Waals surface area contributed by atoms with Gasteiger partial charge in [-0.3, -0.25) is 14.6 Å². The molecule has 4 nitrogen and oxygen atoms in total. The number of fused-ring (bicyclic) bond motifs is 2. The Kier molecular flexibility index (Phi) is 3.95. The number of hydrogen-bond acceptors (Lipinski definition) is 3. The fourth-order valence-corrected chi connectivity index (χ4v) is 4.25. The van der Waals surface area contributed by atoms with Gasteiger partial charge in [0, 0.05) is 41.8 Å². The Labute approximate surface area is 137 Å². The smallest absolute Gasteiger partial charge is 0.181 e. The molecule has 0 bridgehead atoms. The first kappa shape index (κ1) is 14.9. The van der Waals surface area contributed by atoms with E-state index in [-0.39, 0.29) is 11.8 Å². The van der Waals surface area contributed by atoms with Gasteiger partial charge < -0.3 is 4.98 Å². The van der Waals surface area contributed by atoms with Crippen LogP contribution in [0.15, 0.2) is 30.5 Å². The van der Waals surface area contributed by atoms with E-state index >= 15 is 0 Å². The number of nitrogens with one attached hydrogen (secondary N) is 1. The van der Waals surface area contributed by atoms with E-state index in [9.17, 15) is 4.79 Å². The van der Waals surface area contributed by atoms with Crippen molar-refractivity contribution in [3.63, 3.8) is 0 Å². The number of ketones is 1. The summed E-state index contributed by atoms with van der Waals surface area (Å²) in [6, 6.07) is 8.66. The van der Waals surface area contributed by atoms with Gasteiger partial charge in [-0.25, -0.2) is 0 Å². The molecule has 4 heteroatoms. The standard InChI is InChI=1S/C19H25N3O/c1-14(22-11-5-10-21-9-4-6-15(21)13-22)19(23)17-12-20-18-8-3-2-7-16(17)18/h2-3,7-8,12,14-15,20H,4-6,9-11,13H2,1H3. The van der Waals surface area contributed by atoms with Crippen LogP contribution in [0.25, 0.3) is 10.9 Å². The van der Waals surface area contributed by atoms with Crippen LogP contribution in [-0.4, -0.2) is 58.8 Å². The molecular formula is C19H25N3O. The quantitative estimate of drug-likeness (QED) is 0.886. The summed E-state index contributed by atoms with van der Waals surface area (Å²) in [5, 5.41) is 1.04. The topological polar surface area (TPSA) is 39.3 Å². The Morgan fingerprint density at radius 3 is 2.96 bits per heavy atom. The van der Waals surface area contributed by atoms with Crippen LogP contribution in [0.4, 0.5) is 0 Å². The second-order valence-electron chi connectivity index (χ2n) is 6.97. The number of carbonyl (C=O) groups is 1. The monoisotopic (exact) mass is 311 g/mol. The van der Waals surface area contributed by atoms with Crippen molar-refractivity contribution >= 4 is 16.7 Å². The maximum Gasteiger partial charge on any atom is 0.181 e. The lowest BCUT2D eigenvalue weighted by Crippen LogP contribution is -2.44. The zero-order valence-corrected chi connectivity index (χ0v) is 13.8. The zero-order valence-electron chi connectivity index (χ0n) is 13.8. The third-order valence-corrected chi connectivity index (χ3v) is 5.62. The van der Waals surface area contributed by atoms with Crippen LogP contribution in [-0.2, 0) is 0 Å². The predicted molar refractivity (Wildman–Crippen MR) is 92.9 cm³/mol. The highest BCUT2D eigenvalue weighted by molar-refractivity contribution is 6.10. The van der Waals surface area contributed by atoms with Gasteiger partial charge in [-0.2, -0.15) is 0 Å². The number of benzene rings is 1. The summed E-state index contributed by atoms with van der Waals surface area (Å²) in [6.07, 6.45) is 5.64. The lowest BCUT2D eigenvalue weighted by molar-refractivity contribution is 0.0829. The molecule has 2 atom stereocenters. The Balaban J connectivity index is 1.55. The van der Waals surface area contributed by atoms with E-state index < -0.39 is 0 Å². The minimum atomic E-state index is -0.0465. The molecule has 2 aliphatic heterocycles. The number of Topliss-reactive ketones (excluding diaryl/α,β-unsaturated/α-hetero) is 1. The van der Waals surface area contributed by atoms with Crippen molar-refractivity contribution in [1.29, 1.82) is 0 Å². The van der Waals surface area contributed by atoms with Crippen molar-refractivity contribution in [2.24, 2.45) is 0 Å². The average Bonchev–Trinajstić information content (AvgIpc) is 3.15. The molecule has 2 saturated heterocycles. The molecule has 0 amide bonds. The second-order valence-corrected chi connectivity index (χ2v) is 6.97.